The second kappa shape index (κ2) is 6.44. The molecule has 4 rings (SSSR count). The molecule has 1 saturated heterocycles. The summed E-state index contributed by atoms with van der Waals surface area (Å²) >= 11 is 0. The number of anilines is 1. The molecule has 6 heteroatoms. The highest BCUT2D eigenvalue weighted by atomic mass is 15.2. The monoisotopic (exact) mass is 336 g/mol. The van der Waals surface area contributed by atoms with Crippen molar-refractivity contribution >= 4 is 16.9 Å². The van der Waals surface area contributed by atoms with E-state index in [1.54, 1.807) is 0 Å². The minimum absolute atomic E-state index is 0.327. The second-order valence-electron chi connectivity index (χ2n) is 6.68. The number of rotatable bonds is 4. The Bertz CT molecular complexity index is 900. The molecule has 3 heterocycles. The third kappa shape index (κ3) is 2.98. The predicted octanol–water partition coefficient (Wildman–Crippen LogP) is 3.05. The Morgan fingerprint density at radius 3 is 2.84 bits per heavy atom. The van der Waals surface area contributed by atoms with Crippen molar-refractivity contribution < 1.29 is 0 Å². The molecule has 130 valence electrons. The van der Waals surface area contributed by atoms with Crippen LogP contribution in [0.1, 0.15) is 36.2 Å². The van der Waals surface area contributed by atoms with Crippen LogP contribution in [-0.4, -0.2) is 38.0 Å². The van der Waals surface area contributed by atoms with Gasteiger partial charge >= 0.3 is 0 Å². The van der Waals surface area contributed by atoms with Crippen molar-refractivity contribution in [2.75, 3.05) is 18.9 Å². The highest BCUT2D eigenvalue weighted by Gasteiger charge is 2.29. The maximum absolute atomic E-state index is 4.83. The summed E-state index contributed by atoms with van der Waals surface area (Å²) in [5.41, 5.74) is 3.35. The Kier molecular flexibility index (Phi) is 4.13. The Labute approximate surface area is 147 Å². The Morgan fingerprint density at radius 1 is 1.20 bits per heavy atom. The molecule has 1 aromatic carbocycles. The highest BCUT2D eigenvalue weighted by Crippen LogP contribution is 2.33. The van der Waals surface area contributed by atoms with E-state index >= 15 is 0 Å². The van der Waals surface area contributed by atoms with Crippen molar-refractivity contribution in [2.24, 2.45) is 7.05 Å². The molecular formula is C19H24N6. The Balaban J connectivity index is 1.63. The van der Waals surface area contributed by atoms with Gasteiger partial charge in [-0.2, -0.15) is 0 Å². The second-order valence-corrected chi connectivity index (χ2v) is 6.68. The zero-order chi connectivity index (χ0) is 17.4. The van der Waals surface area contributed by atoms with Crippen LogP contribution in [0.15, 0.2) is 30.3 Å². The number of imidazole rings is 1. The number of para-hydroxylation sites is 2. The minimum Gasteiger partial charge on any atom is -0.373 e. The van der Waals surface area contributed by atoms with E-state index in [1.165, 1.54) is 11.9 Å². The van der Waals surface area contributed by atoms with Gasteiger partial charge in [0.15, 0.2) is 0 Å². The fraction of sp³-hybridized carbons (Fsp3) is 0.421. The van der Waals surface area contributed by atoms with Crippen molar-refractivity contribution in [3.63, 3.8) is 0 Å². The van der Waals surface area contributed by atoms with E-state index in [0.717, 1.165) is 48.2 Å². The van der Waals surface area contributed by atoms with Crippen LogP contribution in [0.5, 0.6) is 0 Å². The van der Waals surface area contributed by atoms with Crippen LogP contribution in [0, 0.1) is 6.92 Å². The first-order valence-corrected chi connectivity index (χ1v) is 8.83. The summed E-state index contributed by atoms with van der Waals surface area (Å²) in [6.45, 7) is 3.87. The van der Waals surface area contributed by atoms with Gasteiger partial charge in [0.05, 0.1) is 29.3 Å². The molecule has 0 amide bonds. The van der Waals surface area contributed by atoms with E-state index in [-0.39, 0.29) is 0 Å². The molecule has 1 fully saturated rings. The fourth-order valence-electron chi connectivity index (χ4n) is 3.76. The van der Waals surface area contributed by atoms with E-state index in [0.29, 0.717) is 6.04 Å². The van der Waals surface area contributed by atoms with Crippen LogP contribution in [-0.2, 0) is 13.6 Å². The van der Waals surface area contributed by atoms with Gasteiger partial charge in [-0.3, -0.25) is 4.90 Å². The molecule has 0 radical (unpaired) electrons. The Morgan fingerprint density at radius 2 is 2.04 bits per heavy atom. The third-order valence-corrected chi connectivity index (χ3v) is 5.04. The molecule has 0 aliphatic carbocycles. The van der Waals surface area contributed by atoms with Gasteiger partial charge in [0, 0.05) is 20.2 Å². The van der Waals surface area contributed by atoms with Crippen LogP contribution in [0.2, 0.25) is 0 Å². The highest BCUT2D eigenvalue weighted by molar-refractivity contribution is 5.75. The SMILES string of the molecule is CNc1cc(C2CCCN2Cc2nc3ccccc3n2C)nc(C)n1. The van der Waals surface area contributed by atoms with E-state index in [1.807, 2.05) is 20.0 Å². The molecule has 1 N–H and O–H groups in total. The number of hydrogen-bond acceptors (Lipinski definition) is 5. The largest absolute Gasteiger partial charge is 0.373 e. The van der Waals surface area contributed by atoms with E-state index in [4.69, 9.17) is 9.97 Å². The standard InChI is InChI=1S/C19H24N6/c1-13-21-15(11-18(20-2)22-13)17-9-6-10-25(17)12-19-23-14-7-4-5-8-16(14)24(19)3/h4-5,7-8,11,17H,6,9-10,12H2,1-3H3,(H,20,21,22). The number of likely N-dealkylation sites (tertiary alicyclic amines) is 1. The minimum atomic E-state index is 0.327. The van der Waals surface area contributed by atoms with Crippen molar-refractivity contribution in [2.45, 2.75) is 32.4 Å². The topological polar surface area (TPSA) is 58.9 Å². The Hall–Kier alpha value is -2.47. The lowest BCUT2D eigenvalue weighted by Crippen LogP contribution is -2.25. The zero-order valence-corrected chi connectivity index (χ0v) is 15.0. The average Bonchev–Trinajstić information content (AvgIpc) is 3.20. The number of aryl methyl sites for hydroxylation is 2. The maximum atomic E-state index is 4.83. The number of benzene rings is 1. The van der Waals surface area contributed by atoms with Gasteiger partial charge < -0.3 is 9.88 Å². The summed E-state index contributed by atoms with van der Waals surface area (Å²) < 4.78 is 2.20. The number of nitrogens with zero attached hydrogens (tertiary/aromatic N) is 5. The van der Waals surface area contributed by atoms with Gasteiger partial charge in [-0.1, -0.05) is 12.1 Å². The smallest absolute Gasteiger partial charge is 0.129 e. The molecule has 1 atom stereocenters. The number of nitrogens with one attached hydrogen (secondary N) is 1. The molecule has 1 unspecified atom stereocenters. The molecule has 3 aromatic rings. The molecule has 6 nitrogen and oxygen atoms in total. The van der Waals surface area contributed by atoms with Crippen LogP contribution < -0.4 is 5.32 Å². The van der Waals surface area contributed by atoms with Crippen LogP contribution in [0.3, 0.4) is 0 Å². The van der Waals surface area contributed by atoms with Crippen LogP contribution in [0.4, 0.5) is 5.82 Å². The summed E-state index contributed by atoms with van der Waals surface area (Å²) in [5, 5.41) is 3.14. The summed E-state index contributed by atoms with van der Waals surface area (Å²) in [5.74, 6) is 2.81. The van der Waals surface area contributed by atoms with Gasteiger partial charge in [0.1, 0.15) is 17.5 Å². The molecule has 0 saturated carbocycles. The van der Waals surface area contributed by atoms with E-state index < -0.39 is 0 Å². The summed E-state index contributed by atoms with van der Waals surface area (Å²) in [6, 6.07) is 10.7. The molecule has 25 heavy (non-hydrogen) atoms. The van der Waals surface area contributed by atoms with Crippen LogP contribution >= 0.6 is 0 Å². The van der Waals surface area contributed by atoms with Gasteiger partial charge in [-0.25, -0.2) is 15.0 Å². The normalized spacial score (nSPS) is 18.1. The lowest BCUT2D eigenvalue weighted by molar-refractivity contribution is 0.236. The maximum Gasteiger partial charge on any atom is 0.129 e. The lowest BCUT2D eigenvalue weighted by Gasteiger charge is -2.24. The molecule has 0 spiro atoms. The molecule has 1 aliphatic rings. The molecule has 0 bridgehead atoms. The number of hydrogen-bond donors (Lipinski definition) is 1. The molecular weight excluding hydrogens is 312 g/mol. The van der Waals surface area contributed by atoms with Crippen molar-refractivity contribution in [3.05, 3.63) is 47.7 Å². The van der Waals surface area contributed by atoms with Gasteiger partial charge in [-0.05, 0) is 38.4 Å². The van der Waals surface area contributed by atoms with Gasteiger partial charge in [0.2, 0.25) is 0 Å². The van der Waals surface area contributed by atoms with E-state index in [9.17, 15) is 0 Å². The lowest BCUT2D eigenvalue weighted by atomic mass is 10.1. The van der Waals surface area contributed by atoms with Crippen molar-refractivity contribution in [1.29, 1.82) is 0 Å². The zero-order valence-electron chi connectivity index (χ0n) is 15.0. The van der Waals surface area contributed by atoms with Gasteiger partial charge in [0.25, 0.3) is 0 Å². The quantitative estimate of drug-likeness (QED) is 0.793. The summed E-state index contributed by atoms with van der Waals surface area (Å²) in [4.78, 5) is 16.4. The third-order valence-electron chi connectivity index (χ3n) is 5.04. The first-order valence-electron chi connectivity index (χ1n) is 8.83. The fourth-order valence-corrected chi connectivity index (χ4v) is 3.76. The van der Waals surface area contributed by atoms with E-state index in [2.05, 4.69) is 51.1 Å². The molecule has 1 aliphatic heterocycles. The number of fused-ring (bicyclic) bond motifs is 1. The molecule has 2 aromatic heterocycles. The summed E-state index contributed by atoms with van der Waals surface area (Å²) in [7, 11) is 4.00. The van der Waals surface area contributed by atoms with Gasteiger partial charge in [-0.15, -0.1) is 0 Å². The van der Waals surface area contributed by atoms with Crippen molar-refractivity contribution in [1.82, 2.24) is 24.4 Å². The predicted molar refractivity (Wildman–Crippen MR) is 99.4 cm³/mol. The average molecular weight is 336 g/mol. The number of aromatic nitrogens is 4. The van der Waals surface area contributed by atoms with Crippen LogP contribution in [0.25, 0.3) is 11.0 Å². The first-order chi connectivity index (χ1) is 12.2. The first kappa shape index (κ1) is 16.0. The summed E-state index contributed by atoms with van der Waals surface area (Å²) in [6.07, 6.45) is 2.32. The van der Waals surface area contributed by atoms with Crippen molar-refractivity contribution in [3.8, 4) is 0 Å².